The van der Waals surface area contributed by atoms with Gasteiger partial charge in [0.05, 0.1) is 12.5 Å². The van der Waals surface area contributed by atoms with Crippen molar-refractivity contribution in [2.24, 2.45) is 44.4 Å². The molecule has 0 aliphatic heterocycles. The first-order valence-corrected chi connectivity index (χ1v) is 12.7. The summed E-state index contributed by atoms with van der Waals surface area (Å²) in [4.78, 5) is 69.0. The van der Waals surface area contributed by atoms with Gasteiger partial charge in [-0.3, -0.25) is 29.2 Å². The predicted octanol–water partition coefficient (Wildman–Crippen LogP) is -4.44. The molecule has 0 aliphatic rings. The number of aliphatic carboxylic acids is 2. The van der Waals surface area contributed by atoms with E-state index in [0.717, 1.165) is 0 Å². The number of nitrogens with one attached hydrogen (secondary N) is 3. The lowest BCUT2D eigenvalue weighted by Gasteiger charge is -2.24. The van der Waals surface area contributed by atoms with E-state index < -0.39 is 60.2 Å². The summed E-state index contributed by atoms with van der Waals surface area (Å²) in [6.45, 7) is 0.669. The van der Waals surface area contributed by atoms with E-state index in [2.05, 4.69) is 25.9 Å². The molecule has 17 N–H and O–H groups in total. The Morgan fingerprint density at radius 1 is 0.650 bits per heavy atom. The maximum absolute atomic E-state index is 13.0. The first kappa shape index (κ1) is 35.8. The molecule has 0 aromatic rings. The fourth-order valence-electron chi connectivity index (χ4n) is 3.38. The summed E-state index contributed by atoms with van der Waals surface area (Å²) >= 11 is 0. The normalized spacial score (nSPS) is 13.6. The summed E-state index contributed by atoms with van der Waals surface area (Å²) in [6, 6.07) is -5.19. The van der Waals surface area contributed by atoms with Crippen LogP contribution in [0.4, 0.5) is 0 Å². The molecule has 228 valence electrons. The van der Waals surface area contributed by atoms with Crippen molar-refractivity contribution in [3.8, 4) is 0 Å². The van der Waals surface area contributed by atoms with Gasteiger partial charge in [0.1, 0.15) is 18.1 Å². The molecule has 4 atom stereocenters. The van der Waals surface area contributed by atoms with Crippen LogP contribution in [0, 0.1) is 0 Å². The van der Waals surface area contributed by atoms with Crippen molar-refractivity contribution in [3.63, 3.8) is 0 Å². The molecule has 3 amide bonds. The van der Waals surface area contributed by atoms with Gasteiger partial charge in [0.2, 0.25) is 17.7 Å². The zero-order valence-electron chi connectivity index (χ0n) is 22.4. The summed E-state index contributed by atoms with van der Waals surface area (Å²) < 4.78 is 0. The van der Waals surface area contributed by atoms with Crippen molar-refractivity contribution >= 4 is 41.6 Å². The topological polar surface area (TPSA) is 343 Å². The fraction of sp³-hybridized carbons (Fsp3) is 0.682. The highest BCUT2D eigenvalue weighted by molar-refractivity contribution is 5.95. The Morgan fingerprint density at radius 2 is 1.12 bits per heavy atom. The highest BCUT2D eigenvalue weighted by atomic mass is 16.4. The van der Waals surface area contributed by atoms with E-state index in [1.165, 1.54) is 0 Å². The number of aliphatic imine (C=N–C) groups is 2. The minimum absolute atomic E-state index is 0.0000884. The molecule has 0 saturated heterocycles. The van der Waals surface area contributed by atoms with E-state index in [-0.39, 0.29) is 50.7 Å². The van der Waals surface area contributed by atoms with E-state index in [1.807, 2.05) is 0 Å². The summed E-state index contributed by atoms with van der Waals surface area (Å²) in [7, 11) is 0. The number of guanidine groups is 2. The molecule has 0 aromatic carbocycles. The molecule has 40 heavy (non-hydrogen) atoms. The van der Waals surface area contributed by atoms with Crippen molar-refractivity contribution in [2.45, 2.75) is 75.5 Å². The molecule has 0 bridgehead atoms. The van der Waals surface area contributed by atoms with Gasteiger partial charge in [0.25, 0.3) is 0 Å². The van der Waals surface area contributed by atoms with Gasteiger partial charge in [-0.1, -0.05) is 0 Å². The van der Waals surface area contributed by atoms with Crippen molar-refractivity contribution in [3.05, 3.63) is 0 Å². The lowest BCUT2D eigenvalue weighted by molar-refractivity contribution is -0.143. The van der Waals surface area contributed by atoms with Gasteiger partial charge in [0.15, 0.2) is 11.9 Å². The molecular weight excluding hydrogens is 530 g/mol. The van der Waals surface area contributed by atoms with Crippen LogP contribution < -0.4 is 50.4 Å². The molecule has 0 heterocycles. The van der Waals surface area contributed by atoms with Gasteiger partial charge in [-0.2, -0.15) is 0 Å². The van der Waals surface area contributed by atoms with Crippen LogP contribution in [0.2, 0.25) is 0 Å². The van der Waals surface area contributed by atoms with Crippen LogP contribution in [0.15, 0.2) is 9.98 Å². The second-order valence-corrected chi connectivity index (χ2v) is 8.91. The molecule has 0 spiro atoms. The first-order chi connectivity index (χ1) is 18.8. The van der Waals surface area contributed by atoms with Gasteiger partial charge in [-0.05, 0) is 51.5 Å². The average molecular weight is 574 g/mol. The Kier molecular flexibility index (Phi) is 17.7. The van der Waals surface area contributed by atoms with Crippen molar-refractivity contribution < 1.29 is 34.2 Å². The maximum atomic E-state index is 13.0. The number of amides is 3. The Hall–Kier alpha value is -4.19. The largest absolute Gasteiger partial charge is 0.481 e. The van der Waals surface area contributed by atoms with E-state index >= 15 is 0 Å². The van der Waals surface area contributed by atoms with E-state index in [4.69, 9.17) is 34.4 Å². The first-order valence-electron chi connectivity index (χ1n) is 12.7. The number of nitrogens with two attached hydrogens (primary N) is 6. The third kappa shape index (κ3) is 16.6. The third-order valence-electron chi connectivity index (χ3n) is 5.46. The SMILES string of the molecule is NCCCCC(NC(=O)C(CC(=O)O)NC(=O)C(N)CCCN=C(N)N)C(=O)NC(CCCN=C(N)N)C(=O)O. The number of hydrogen-bond donors (Lipinski definition) is 11. The van der Waals surface area contributed by atoms with Crippen LogP contribution in [-0.4, -0.2) is 95.6 Å². The Morgan fingerprint density at radius 3 is 1.62 bits per heavy atom. The Balaban J connectivity index is 5.47. The Bertz CT molecular complexity index is 906. The number of hydrogen-bond acceptors (Lipinski definition) is 9. The summed E-state index contributed by atoms with van der Waals surface area (Å²) in [5.41, 5.74) is 32.3. The average Bonchev–Trinajstić information content (AvgIpc) is 2.86. The molecular formula is C22H43N11O7. The number of nitrogens with zero attached hydrogens (tertiary/aromatic N) is 2. The molecule has 0 aliphatic carbocycles. The number of carbonyl (C=O) groups is 5. The van der Waals surface area contributed by atoms with Crippen molar-refractivity contribution in [2.75, 3.05) is 19.6 Å². The molecule has 0 fully saturated rings. The number of unbranched alkanes of at least 4 members (excludes halogenated alkanes) is 1. The molecule has 18 heteroatoms. The standard InChI is InChI=1S/C22H43N11O7/c23-8-2-1-6-13(18(37)32-14(20(39)40)7-4-10-30-22(27)28)31-19(38)15(11-16(34)35)33-17(36)12(24)5-3-9-29-21(25)26/h12-15H,1-11,23-24H2,(H,31,38)(H,32,37)(H,33,36)(H,34,35)(H,39,40)(H4,25,26,29)(H4,27,28,30). The summed E-state index contributed by atoms with van der Waals surface area (Å²) in [5.74, 6) is -5.54. The van der Waals surface area contributed by atoms with Crippen LogP contribution in [0.1, 0.15) is 51.4 Å². The number of carboxylic acid groups (broad SMARTS) is 2. The third-order valence-corrected chi connectivity index (χ3v) is 5.46. The number of carboxylic acids is 2. The lowest BCUT2D eigenvalue weighted by atomic mass is 10.1. The highest BCUT2D eigenvalue weighted by Gasteiger charge is 2.31. The van der Waals surface area contributed by atoms with Gasteiger partial charge < -0.3 is 60.6 Å². The molecule has 4 unspecified atom stereocenters. The smallest absolute Gasteiger partial charge is 0.326 e. The predicted molar refractivity (Wildman–Crippen MR) is 146 cm³/mol. The quantitative estimate of drug-likeness (QED) is 0.0351. The van der Waals surface area contributed by atoms with Crippen LogP contribution in [0.3, 0.4) is 0 Å². The van der Waals surface area contributed by atoms with Gasteiger partial charge >= 0.3 is 11.9 Å². The van der Waals surface area contributed by atoms with Crippen LogP contribution in [-0.2, 0) is 24.0 Å². The molecule has 0 radical (unpaired) electrons. The van der Waals surface area contributed by atoms with Gasteiger partial charge in [-0.25, -0.2) is 4.79 Å². The minimum atomic E-state index is -1.56. The lowest BCUT2D eigenvalue weighted by Crippen LogP contribution is -2.57. The molecule has 0 saturated carbocycles. The highest BCUT2D eigenvalue weighted by Crippen LogP contribution is 2.06. The second-order valence-electron chi connectivity index (χ2n) is 8.91. The maximum Gasteiger partial charge on any atom is 0.326 e. The van der Waals surface area contributed by atoms with Crippen LogP contribution in [0.25, 0.3) is 0 Å². The van der Waals surface area contributed by atoms with E-state index in [1.54, 1.807) is 0 Å². The second kappa shape index (κ2) is 19.8. The molecule has 0 aromatic heterocycles. The zero-order valence-corrected chi connectivity index (χ0v) is 22.4. The summed E-state index contributed by atoms with van der Waals surface area (Å²) in [6.07, 6.45) is 0.929. The van der Waals surface area contributed by atoms with Gasteiger partial charge in [0, 0.05) is 13.1 Å². The van der Waals surface area contributed by atoms with Crippen LogP contribution >= 0.6 is 0 Å². The van der Waals surface area contributed by atoms with Crippen molar-refractivity contribution in [1.82, 2.24) is 16.0 Å². The minimum Gasteiger partial charge on any atom is -0.481 e. The summed E-state index contributed by atoms with van der Waals surface area (Å²) in [5, 5.41) is 25.8. The number of carbonyl (C=O) groups excluding carboxylic acids is 3. The zero-order chi connectivity index (χ0) is 30.7. The molecule has 18 nitrogen and oxygen atoms in total. The Labute approximate surface area is 231 Å². The van der Waals surface area contributed by atoms with Gasteiger partial charge in [-0.15, -0.1) is 0 Å². The van der Waals surface area contributed by atoms with Crippen molar-refractivity contribution in [1.29, 1.82) is 0 Å². The van der Waals surface area contributed by atoms with Crippen LogP contribution in [0.5, 0.6) is 0 Å². The number of rotatable bonds is 21. The molecule has 0 rings (SSSR count). The monoisotopic (exact) mass is 573 g/mol. The van der Waals surface area contributed by atoms with E-state index in [9.17, 15) is 34.2 Å². The fourth-order valence-corrected chi connectivity index (χ4v) is 3.38. The van der Waals surface area contributed by atoms with E-state index in [0.29, 0.717) is 25.8 Å².